The van der Waals surface area contributed by atoms with Crippen molar-refractivity contribution in [3.8, 4) is 0 Å². The van der Waals surface area contributed by atoms with E-state index in [0.717, 1.165) is 42.4 Å². The molecule has 34 heavy (non-hydrogen) atoms. The number of hydrogen-bond acceptors (Lipinski definition) is 10. The average molecular weight is 502 g/mol. The predicted molar refractivity (Wildman–Crippen MR) is 137 cm³/mol. The lowest BCUT2D eigenvalue weighted by atomic mass is 10.2. The summed E-state index contributed by atoms with van der Waals surface area (Å²) in [5.41, 5.74) is 1.64. The Hall–Kier alpha value is -2.79. The number of para-hydroxylation sites is 1. The molecule has 4 rings (SSSR count). The number of β-amino-alcohol motifs (C(OH)–C–C–N with tert-alkyl or cyclic N) is 1. The number of ether oxygens (including phenoxy) is 1. The van der Waals surface area contributed by atoms with Gasteiger partial charge in [-0.3, -0.25) is 4.90 Å². The number of aryl methyl sites for hydroxylation is 2. The predicted octanol–water partition coefficient (Wildman–Crippen LogP) is 3.79. The van der Waals surface area contributed by atoms with Crippen molar-refractivity contribution >= 4 is 51.3 Å². The van der Waals surface area contributed by atoms with Crippen molar-refractivity contribution in [1.29, 1.82) is 0 Å². The number of nitrogens with one attached hydrogen (secondary N) is 1. The third-order valence-corrected chi connectivity index (χ3v) is 6.69. The van der Waals surface area contributed by atoms with E-state index in [-0.39, 0.29) is 6.61 Å². The van der Waals surface area contributed by atoms with Crippen LogP contribution in [-0.2, 0) is 4.74 Å². The van der Waals surface area contributed by atoms with E-state index in [9.17, 15) is 0 Å². The average Bonchev–Trinajstić information content (AvgIpc) is 3.27. The molecule has 1 aliphatic rings. The molecule has 2 N–H and O–H groups in total. The highest BCUT2D eigenvalue weighted by Crippen LogP contribution is 2.31. The summed E-state index contributed by atoms with van der Waals surface area (Å²) in [7, 11) is 1.58. The van der Waals surface area contributed by atoms with Crippen molar-refractivity contribution in [2.75, 3.05) is 56.7 Å². The van der Waals surface area contributed by atoms with Gasteiger partial charge in [0.1, 0.15) is 22.3 Å². The first kappa shape index (κ1) is 24.3. The minimum absolute atomic E-state index is 0.184. The summed E-state index contributed by atoms with van der Waals surface area (Å²) in [4.78, 5) is 23.5. The zero-order valence-corrected chi connectivity index (χ0v) is 21.0. The molecule has 0 radical (unpaired) electrons. The number of halogens is 1. The van der Waals surface area contributed by atoms with Gasteiger partial charge in [0.2, 0.25) is 5.90 Å². The van der Waals surface area contributed by atoms with Gasteiger partial charge >= 0.3 is 0 Å². The van der Waals surface area contributed by atoms with E-state index in [4.69, 9.17) is 21.4 Å². The Labute approximate surface area is 208 Å². The zero-order chi connectivity index (χ0) is 24.1. The van der Waals surface area contributed by atoms with Crippen LogP contribution in [0.5, 0.6) is 0 Å². The minimum Gasteiger partial charge on any atom is -0.480 e. The standard InChI is InChI=1S/C23H28ClN7O2S/c1-15-5-4-6-17(24)21(15)29-22(33-3)18-14-25-23(34-18)28-19-13-20(27-16(2)26-19)31-9-7-30(8-10-31)11-12-32/h4-6,13-14,32H,7-12H2,1-3H3,(H,25,26,27,28)/b29-22-. The van der Waals surface area contributed by atoms with E-state index in [0.29, 0.717) is 39.9 Å². The highest BCUT2D eigenvalue weighted by molar-refractivity contribution is 7.17. The third-order valence-electron chi connectivity index (χ3n) is 5.48. The molecule has 3 heterocycles. The fourth-order valence-electron chi connectivity index (χ4n) is 3.73. The number of anilines is 3. The Morgan fingerprint density at radius 1 is 1.24 bits per heavy atom. The molecule has 3 aromatic rings. The number of aliphatic imine (C=N–C) groups is 1. The van der Waals surface area contributed by atoms with Gasteiger partial charge in [-0.25, -0.2) is 19.9 Å². The SMILES string of the molecule is CO/C(=N\c1c(C)cccc1Cl)c1cnc(Nc2cc(N3CCN(CCO)CC3)nc(C)n2)s1. The number of aromatic nitrogens is 3. The second-order valence-corrected chi connectivity index (χ2v) is 9.33. The van der Waals surface area contributed by atoms with E-state index < -0.39 is 0 Å². The molecule has 0 unspecified atom stereocenters. The third kappa shape index (κ3) is 5.82. The molecule has 11 heteroatoms. The number of methoxy groups -OCH3 is 1. The Bertz CT molecular complexity index is 1140. The lowest BCUT2D eigenvalue weighted by molar-refractivity contribution is 0.188. The van der Waals surface area contributed by atoms with Crippen molar-refractivity contribution < 1.29 is 9.84 Å². The van der Waals surface area contributed by atoms with Crippen LogP contribution in [0.15, 0.2) is 35.5 Å². The number of aliphatic hydroxyl groups is 1. The molecule has 1 saturated heterocycles. The fraction of sp³-hybridized carbons (Fsp3) is 0.391. The molecule has 0 aliphatic carbocycles. The van der Waals surface area contributed by atoms with Crippen LogP contribution in [0.25, 0.3) is 0 Å². The summed E-state index contributed by atoms with van der Waals surface area (Å²) >= 11 is 7.75. The fourth-order valence-corrected chi connectivity index (χ4v) is 4.78. The maximum Gasteiger partial charge on any atom is 0.233 e. The molecule has 0 atom stereocenters. The molecule has 0 saturated carbocycles. The molecule has 180 valence electrons. The van der Waals surface area contributed by atoms with Crippen LogP contribution in [0.1, 0.15) is 16.3 Å². The van der Waals surface area contributed by atoms with Gasteiger partial charge in [-0.15, -0.1) is 0 Å². The highest BCUT2D eigenvalue weighted by Gasteiger charge is 2.19. The molecule has 1 aromatic carbocycles. The summed E-state index contributed by atoms with van der Waals surface area (Å²) in [6.45, 7) is 8.23. The number of rotatable bonds is 7. The van der Waals surface area contributed by atoms with Crippen molar-refractivity contribution in [2.45, 2.75) is 13.8 Å². The second kappa shape index (κ2) is 11.1. The number of benzene rings is 1. The summed E-state index contributed by atoms with van der Waals surface area (Å²) in [5, 5.41) is 13.7. The largest absolute Gasteiger partial charge is 0.480 e. The lowest BCUT2D eigenvalue weighted by Gasteiger charge is -2.35. The van der Waals surface area contributed by atoms with Gasteiger partial charge in [0.05, 0.1) is 30.6 Å². The Kier molecular flexibility index (Phi) is 7.94. The lowest BCUT2D eigenvalue weighted by Crippen LogP contribution is -2.47. The van der Waals surface area contributed by atoms with Crippen molar-refractivity contribution in [3.63, 3.8) is 0 Å². The summed E-state index contributed by atoms with van der Waals surface area (Å²) < 4.78 is 5.54. The van der Waals surface area contributed by atoms with E-state index in [1.54, 1.807) is 13.3 Å². The molecule has 0 amide bonds. The van der Waals surface area contributed by atoms with Crippen molar-refractivity contribution in [3.05, 3.63) is 51.7 Å². The Morgan fingerprint density at radius 3 is 2.74 bits per heavy atom. The quantitative estimate of drug-likeness (QED) is 0.372. The van der Waals surface area contributed by atoms with Gasteiger partial charge in [-0.1, -0.05) is 35.1 Å². The minimum atomic E-state index is 0.184. The van der Waals surface area contributed by atoms with Crippen molar-refractivity contribution in [2.24, 2.45) is 4.99 Å². The summed E-state index contributed by atoms with van der Waals surface area (Å²) in [6, 6.07) is 7.60. The van der Waals surface area contributed by atoms with E-state index in [1.165, 1.54) is 11.3 Å². The van der Waals surface area contributed by atoms with Crippen LogP contribution < -0.4 is 10.2 Å². The van der Waals surface area contributed by atoms with E-state index >= 15 is 0 Å². The van der Waals surface area contributed by atoms with Crippen molar-refractivity contribution in [1.82, 2.24) is 19.9 Å². The van der Waals surface area contributed by atoms with E-state index in [2.05, 4.69) is 35.1 Å². The van der Waals surface area contributed by atoms with Crippen LogP contribution in [0.2, 0.25) is 5.02 Å². The molecule has 0 spiro atoms. The highest BCUT2D eigenvalue weighted by atomic mass is 35.5. The maximum atomic E-state index is 9.15. The first-order chi connectivity index (χ1) is 16.5. The summed E-state index contributed by atoms with van der Waals surface area (Å²) in [5.74, 6) is 2.69. The van der Waals surface area contributed by atoms with E-state index in [1.807, 2.05) is 38.1 Å². The number of piperazine rings is 1. The first-order valence-electron chi connectivity index (χ1n) is 11.0. The van der Waals surface area contributed by atoms with Gasteiger partial charge in [0.25, 0.3) is 0 Å². The zero-order valence-electron chi connectivity index (χ0n) is 19.5. The number of thiazole rings is 1. The van der Waals surface area contributed by atoms with Crippen LogP contribution in [-0.4, -0.2) is 77.3 Å². The molecular formula is C23H28ClN7O2S. The van der Waals surface area contributed by atoms with Crippen LogP contribution in [0.4, 0.5) is 22.5 Å². The molecule has 1 fully saturated rings. The summed E-state index contributed by atoms with van der Waals surface area (Å²) in [6.07, 6.45) is 1.72. The smallest absolute Gasteiger partial charge is 0.233 e. The molecular weight excluding hydrogens is 474 g/mol. The molecule has 1 aliphatic heterocycles. The normalized spacial score (nSPS) is 15.0. The van der Waals surface area contributed by atoms with Gasteiger partial charge < -0.3 is 20.1 Å². The van der Waals surface area contributed by atoms with Crippen LogP contribution in [0.3, 0.4) is 0 Å². The van der Waals surface area contributed by atoms with Crippen LogP contribution >= 0.6 is 22.9 Å². The number of hydrogen-bond donors (Lipinski definition) is 2. The molecule has 9 nitrogen and oxygen atoms in total. The van der Waals surface area contributed by atoms with Crippen LogP contribution in [0, 0.1) is 13.8 Å². The van der Waals surface area contributed by atoms with Gasteiger partial charge in [-0.2, -0.15) is 0 Å². The number of aliphatic hydroxyl groups excluding tert-OH is 1. The first-order valence-corrected chi connectivity index (χ1v) is 12.2. The monoisotopic (exact) mass is 501 g/mol. The Morgan fingerprint density at radius 2 is 2.03 bits per heavy atom. The Balaban J connectivity index is 1.50. The molecule has 0 bridgehead atoms. The van der Waals surface area contributed by atoms with Gasteiger partial charge in [-0.05, 0) is 25.5 Å². The van der Waals surface area contributed by atoms with Gasteiger partial charge in [0, 0.05) is 38.8 Å². The molecule has 2 aromatic heterocycles. The second-order valence-electron chi connectivity index (χ2n) is 7.89. The van der Waals surface area contributed by atoms with Gasteiger partial charge in [0.15, 0.2) is 5.13 Å². The number of nitrogens with zero attached hydrogens (tertiary/aromatic N) is 6. The maximum absolute atomic E-state index is 9.15. The topological polar surface area (TPSA) is 99.0 Å².